The highest BCUT2D eigenvalue weighted by molar-refractivity contribution is 6.27. The number of nitrogens with one attached hydrogen (secondary N) is 1. The normalized spacial score (nSPS) is 11.2. The third-order valence-electron chi connectivity index (χ3n) is 2.31. The number of carbonyl (C=O) groups excluding carboxylic acids is 1. The smallest absolute Gasteiger partial charge is 0.236 e. The van der Waals surface area contributed by atoms with Crippen LogP contribution in [0.25, 0.3) is 0 Å². The van der Waals surface area contributed by atoms with Crippen LogP contribution in [0.2, 0.25) is 0 Å². The largest absolute Gasteiger partial charge is 0.497 e. The number of methoxy groups -OCH3 is 2. The zero-order valence-corrected chi connectivity index (χ0v) is 10.8. The summed E-state index contributed by atoms with van der Waals surface area (Å²) < 4.78 is 10.2. The van der Waals surface area contributed by atoms with Crippen LogP contribution in [-0.2, 0) is 4.79 Å². The van der Waals surface area contributed by atoms with Crippen molar-refractivity contribution >= 4 is 17.5 Å². The second kappa shape index (κ2) is 6.72. The summed E-state index contributed by atoms with van der Waals surface area (Å²) >= 11 is 5.39. The van der Waals surface area contributed by atoms with Crippen molar-refractivity contribution in [1.29, 1.82) is 5.26 Å². The van der Waals surface area contributed by atoms with Gasteiger partial charge in [-0.15, -0.1) is 11.6 Å². The predicted octanol–water partition coefficient (Wildman–Crippen LogP) is 1.62. The molecule has 0 saturated carbocycles. The molecule has 0 fully saturated rings. The Kier molecular flexibility index (Phi) is 5.28. The second-order valence-corrected chi connectivity index (χ2v) is 3.64. The molecule has 0 spiro atoms. The lowest BCUT2D eigenvalue weighted by atomic mass is 10.1. The van der Waals surface area contributed by atoms with E-state index in [4.69, 9.17) is 26.3 Å². The van der Waals surface area contributed by atoms with Crippen LogP contribution in [-0.4, -0.2) is 26.0 Å². The van der Waals surface area contributed by atoms with Crippen LogP contribution in [0.5, 0.6) is 11.5 Å². The number of hydrogen-bond donors (Lipinski definition) is 1. The van der Waals surface area contributed by atoms with Gasteiger partial charge in [-0.25, -0.2) is 0 Å². The van der Waals surface area contributed by atoms with Crippen molar-refractivity contribution in [2.45, 2.75) is 6.04 Å². The Morgan fingerprint density at radius 2 is 2.22 bits per heavy atom. The van der Waals surface area contributed by atoms with Gasteiger partial charge >= 0.3 is 0 Å². The molecule has 5 nitrogen and oxygen atoms in total. The lowest BCUT2D eigenvalue weighted by Gasteiger charge is -2.15. The Balaban J connectivity index is 3.06. The van der Waals surface area contributed by atoms with E-state index in [1.54, 1.807) is 18.2 Å². The highest BCUT2D eigenvalue weighted by atomic mass is 35.5. The number of carbonyl (C=O) groups is 1. The van der Waals surface area contributed by atoms with E-state index in [1.165, 1.54) is 14.2 Å². The highest BCUT2D eigenvalue weighted by Crippen LogP contribution is 2.29. The SMILES string of the molecule is COc1ccc(C(C#N)NC(=O)CCl)c(OC)c1. The molecule has 0 bridgehead atoms. The first kappa shape index (κ1) is 14.1. The molecular formula is C12H13ClN2O3. The third-order valence-corrected chi connectivity index (χ3v) is 2.55. The van der Waals surface area contributed by atoms with Crippen LogP contribution in [0.15, 0.2) is 18.2 Å². The molecule has 0 radical (unpaired) electrons. The van der Waals surface area contributed by atoms with Gasteiger partial charge in [0.25, 0.3) is 0 Å². The molecule has 0 aliphatic carbocycles. The van der Waals surface area contributed by atoms with E-state index in [0.29, 0.717) is 17.1 Å². The number of benzene rings is 1. The fourth-order valence-corrected chi connectivity index (χ4v) is 1.51. The number of halogens is 1. The van der Waals surface area contributed by atoms with E-state index < -0.39 is 11.9 Å². The van der Waals surface area contributed by atoms with Gasteiger partial charge in [0.1, 0.15) is 23.4 Å². The summed E-state index contributed by atoms with van der Waals surface area (Å²) in [5.74, 6) is 0.462. The summed E-state index contributed by atoms with van der Waals surface area (Å²) in [6, 6.07) is 6.18. The minimum Gasteiger partial charge on any atom is -0.497 e. The van der Waals surface area contributed by atoms with Crippen LogP contribution in [0.3, 0.4) is 0 Å². The molecule has 1 amide bonds. The average Bonchev–Trinajstić information content (AvgIpc) is 2.43. The number of alkyl halides is 1. The third kappa shape index (κ3) is 3.28. The number of rotatable bonds is 5. The number of ether oxygens (including phenoxy) is 2. The minimum atomic E-state index is -0.808. The molecule has 0 saturated heterocycles. The first-order valence-corrected chi connectivity index (χ1v) is 5.66. The Morgan fingerprint density at radius 3 is 2.72 bits per heavy atom. The molecule has 1 N–H and O–H groups in total. The molecule has 96 valence electrons. The molecule has 0 aliphatic heterocycles. The number of nitrogens with zero attached hydrogens (tertiary/aromatic N) is 1. The molecule has 1 atom stereocenters. The van der Waals surface area contributed by atoms with Crippen molar-refractivity contribution in [2.24, 2.45) is 0 Å². The van der Waals surface area contributed by atoms with Crippen LogP contribution in [0.1, 0.15) is 11.6 Å². The molecule has 6 heteroatoms. The van der Waals surface area contributed by atoms with Crippen molar-refractivity contribution in [1.82, 2.24) is 5.32 Å². The van der Waals surface area contributed by atoms with Crippen molar-refractivity contribution in [3.8, 4) is 17.6 Å². The number of nitriles is 1. The van der Waals surface area contributed by atoms with Gasteiger partial charge in [0.2, 0.25) is 5.91 Å². The minimum absolute atomic E-state index is 0.198. The van der Waals surface area contributed by atoms with E-state index in [9.17, 15) is 4.79 Å². The molecule has 0 aliphatic rings. The molecule has 0 heterocycles. The lowest BCUT2D eigenvalue weighted by molar-refractivity contribution is -0.119. The molecular weight excluding hydrogens is 256 g/mol. The number of hydrogen-bond acceptors (Lipinski definition) is 4. The van der Waals surface area contributed by atoms with Gasteiger partial charge in [-0.1, -0.05) is 0 Å². The van der Waals surface area contributed by atoms with Gasteiger partial charge in [-0.2, -0.15) is 5.26 Å². The van der Waals surface area contributed by atoms with E-state index in [1.807, 2.05) is 6.07 Å². The zero-order valence-electron chi connectivity index (χ0n) is 10.1. The van der Waals surface area contributed by atoms with E-state index in [-0.39, 0.29) is 5.88 Å². The summed E-state index contributed by atoms with van der Waals surface area (Å²) in [6.07, 6.45) is 0. The molecule has 1 rings (SSSR count). The van der Waals surface area contributed by atoms with Crippen molar-refractivity contribution in [2.75, 3.05) is 20.1 Å². The van der Waals surface area contributed by atoms with Gasteiger partial charge in [0.05, 0.1) is 20.3 Å². The molecule has 0 aromatic heterocycles. The van der Waals surface area contributed by atoms with Gasteiger partial charge in [0, 0.05) is 11.6 Å². The van der Waals surface area contributed by atoms with E-state index >= 15 is 0 Å². The summed E-state index contributed by atoms with van der Waals surface area (Å²) in [5.41, 5.74) is 0.555. The van der Waals surface area contributed by atoms with Crippen LogP contribution in [0, 0.1) is 11.3 Å². The summed E-state index contributed by atoms with van der Waals surface area (Å²) in [6.45, 7) is 0. The molecule has 1 aromatic carbocycles. The van der Waals surface area contributed by atoms with Crippen LogP contribution in [0.4, 0.5) is 0 Å². The maximum Gasteiger partial charge on any atom is 0.236 e. The monoisotopic (exact) mass is 268 g/mol. The first-order chi connectivity index (χ1) is 8.65. The molecule has 1 aromatic rings. The van der Waals surface area contributed by atoms with Crippen molar-refractivity contribution in [3.63, 3.8) is 0 Å². The van der Waals surface area contributed by atoms with E-state index in [2.05, 4.69) is 5.32 Å². The van der Waals surface area contributed by atoms with Gasteiger partial charge in [-0.3, -0.25) is 4.79 Å². The quantitative estimate of drug-likeness (QED) is 0.824. The molecule has 1 unspecified atom stereocenters. The Bertz CT molecular complexity index is 471. The topological polar surface area (TPSA) is 71.3 Å². The lowest BCUT2D eigenvalue weighted by Crippen LogP contribution is -2.28. The maximum atomic E-state index is 11.2. The fourth-order valence-electron chi connectivity index (χ4n) is 1.44. The zero-order chi connectivity index (χ0) is 13.5. The maximum absolute atomic E-state index is 11.2. The average molecular weight is 269 g/mol. The van der Waals surface area contributed by atoms with Crippen molar-refractivity contribution < 1.29 is 14.3 Å². The predicted molar refractivity (Wildman–Crippen MR) is 66.8 cm³/mol. The Labute approximate surface area is 110 Å². The second-order valence-electron chi connectivity index (χ2n) is 3.37. The highest BCUT2D eigenvalue weighted by Gasteiger charge is 2.18. The van der Waals surface area contributed by atoms with Crippen LogP contribution >= 0.6 is 11.6 Å². The van der Waals surface area contributed by atoms with Gasteiger partial charge < -0.3 is 14.8 Å². The first-order valence-electron chi connectivity index (χ1n) is 5.13. The van der Waals surface area contributed by atoms with Crippen molar-refractivity contribution in [3.05, 3.63) is 23.8 Å². The van der Waals surface area contributed by atoms with Gasteiger partial charge in [-0.05, 0) is 12.1 Å². The summed E-state index contributed by atoms with van der Waals surface area (Å²) in [7, 11) is 3.02. The number of amides is 1. The van der Waals surface area contributed by atoms with Crippen LogP contribution < -0.4 is 14.8 Å². The Morgan fingerprint density at radius 1 is 1.50 bits per heavy atom. The Hall–Kier alpha value is -1.93. The van der Waals surface area contributed by atoms with E-state index in [0.717, 1.165) is 0 Å². The standard InChI is InChI=1S/C12H13ClN2O3/c1-17-8-3-4-9(11(5-8)18-2)10(7-14)15-12(16)6-13/h3-5,10H,6H2,1-2H3,(H,15,16). The summed E-state index contributed by atoms with van der Waals surface area (Å²) in [5, 5.41) is 11.6. The summed E-state index contributed by atoms with van der Waals surface area (Å²) in [4.78, 5) is 11.2. The molecule has 18 heavy (non-hydrogen) atoms. The fraction of sp³-hybridized carbons (Fsp3) is 0.333. The van der Waals surface area contributed by atoms with Gasteiger partial charge in [0.15, 0.2) is 0 Å².